The number of hydrogen-bond acceptors (Lipinski definition) is 5. The summed E-state index contributed by atoms with van der Waals surface area (Å²) in [5.41, 5.74) is 2.49. The summed E-state index contributed by atoms with van der Waals surface area (Å²) in [5.74, 6) is -0.00733. The van der Waals surface area contributed by atoms with Crippen LogP contribution >= 0.6 is 11.5 Å². The average Bonchev–Trinajstić information content (AvgIpc) is 3.03. The molecule has 0 saturated heterocycles. The molecule has 6 heteroatoms. The standard InChI is InChI=1S/C15H12N2O2S2/c18-21(19,14-4-2-1-3-5-14)11-12-6-8-13(9-7-12)15-10-20-17-16-15/h1-10H,11H2. The SMILES string of the molecule is O=S(=O)(Cc1ccc(-c2csnn2)cc1)c1ccccc1. The number of hydrogen-bond donors (Lipinski definition) is 0. The Morgan fingerprint density at radius 3 is 2.29 bits per heavy atom. The van der Waals surface area contributed by atoms with Crippen LogP contribution in [0.5, 0.6) is 0 Å². The lowest BCUT2D eigenvalue weighted by Crippen LogP contribution is -2.04. The summed E-state index contributed by atoms with van der Waals surface area (Å²) in [5, 5.41) is 5.85. The molecule has 2 aromatic carbocycles. The second-order valence-electron chi connectivity index (χ2n) is 4.56. The number of sulfone groups is 1. The van der Waals surface area contributed by atoms with Crippen molar-refractivity contribution in [3.63, 3.8) is 0 Å². The van der Waals surface area contributed by atoms with Gasteiger partial charge in [-0.1, -0.05) is 47.0 Å². The molecule has 0 N–H and O–H groups in total. The Kier molecular flexibility index (Phi) is 3.81. The lowest BCUT2D eigenvalue weighted by molar-refractivity contribution is 0.595. The molecule has 21 heavy (non-hydrogen) atoms. The lowest BCUT2D eigenvalue weighted by atomic mass is 10.1. The van der Waals surface area contributed by atoms with Crippen LogP contribution in [0.3, 0.4) is 0 Å². The van der Waals surface area contributed by atoms with Crippen molar-refractivity contribution in [3.05, 3.63) is 65.5 Å². The zero-order valence-electron chi connectivity index (χ0n) is 11.0. The van der Waals surface area contributed by atoms with Crippen LogP contribution in [-0.2, 0) is 15.6 Å². The first-order chi connectivity index (χ1) is 10.1. The molecule has 0 saturated carbocycles. The molecule has 0 spiro atoms. The van der Waals surface area contributed by atoms with E-state index in [0.29, 0.717) is 4.90 Å². The maximum atomic E-state index is 12.3. The van der Waals surface area contributed by atoms with Gasteiger partial charge in [-0.05, 0) is 29.2 Å². The third-order valence-electron chi connectivity index (χ3n) is 3.07. The molecule has 0 unspecified atom stereocenters. The van der Waals surface area contributed by atoms with Crippen LogP contribution in [0.25, 0.3) is 11.3 Å². The van der Waals surface area contributed by atoms with Crippen molar-refractivity contribution in [2.75, 3.05) is 0 Å². The van der Waals surface area contributed by atoms with E-state index in [2.05, 4.69) is 9.59 Å². The molecular formula is C15H12N2O2S2. The molecule has 0 radical (unpaired) electrons. The molecule has 106 valence electrons. The van der Waals surface area contributed by atoms with Crippen molar-refractivity contribution in [2.45, 2.75) is 10.6 Å². The fourth-order valence-electron chi connectivity index (χ4n) is 1.99. The van der Waals surface area contributed by atoms with Gasteiger partial charge in [-0.25, -0.2) is 8.42 Å². The Hall–Kier alpha value is -2.05. The van der Waals surface area contributed by atoms with Crippen molar-refractivity contribution >= 4 is 21.4 Å². The van der Waals surface area contributed by atoms with Gasteiger partial charge in [0.1, 0.15) is 5.69 Å². The number of aromatic nitrogens is 2. The van der Waals surface area contributed by atoms with E-state index in [0.717, 1.165) is 16.8 Å². The Morgan fingerprint density at radius 1 is 0.952 bits per heavy atom. The Labute approximate surface area is 127 Å². The number of benzene rings is 2. The highest BCUT2D eigenvalue weighted by Gasteiger charge is 2.14. The maximum Gasteiger partial charge on any atom is 0.182 e. The van der Waals surface area contributed by atoms with Crippen molar-refractivity contribution in [3.8, 4) is 11.3 Å². The third-order valence-corrected chi connectivity index (χ3v) is 5.28. The summed E-state index contributed by atoms with van der Waals surface area (Å²) < 4.78 is 28.4. The Balaban J connectivity index is 1.83. The summed E-state index contributed by atoms with van der Waals surface area (Å²) in [6, 6.07) is 15.9. The van der Waals surface area contributed by atoms with E-state index in [1.165, 1.54) is 11.5 Å². The molecule has 0 aliphatic heterocycles. The van der Waals surface area contributed by atoms with Gasteiger partial charge in [0.05, 0.1) is 10.6 Å². The van der Waals surface area contributed by atoms with Gasteiger partial charge in [-0.15, -0.1) is 5.10 Å². The molecule has 3 rings (SSSR count). The van der Waals surface area contributed by atoms with Crippen LogP contribution in [0, 0.1) is 0 Å². The quantitative estimate of drug-likeness (QED) is 0.742. The van der Waals surface area contributed by atoms with Crippen molar-refractivity contribution in [1.29, 1.82) is 0 Å². The van der Waals surface area contributed by atoms with E-state index in [1.54, 1.807) is 30.3 Å². The molecule has 4 nitrogen and oxygen atoms in total. The average molecular weight is 316 g/mol. The minimum atomic E-state index is -3.31. The Bertz CT molecular complexity index is 812. The first-order valence-corrected chi connectivity index (χ1v) is 8.78. The van der Waals surface area contributed by atoms with Gasteiger partial charge < -0.3 is 0 Å². The van der Waals surface area contributed by atoms with E-state index in [4.69, 9.17) is 0 Å². The molecule has 1 heterocycles. The third kappa shape index (κ3) is 3.17. The molecule has 0 aliphatic carbocycles. The minimum absolute atomic E-state index is 0.00733. The molecule has 0 fully saturated rings. The molecule has 0 atom stereocenters. The van der Waals surface area contributed by atoms with Crippen LogP contribution < -0.4 is 0 Å². The second-order valence-corrected chi connectivity index (χ2v) is 7.16. The van der Waals surface area contributed by atoms with Crippen LogP contribution in [0.4, 0.5) is 0 Å². The molecule has 1 aromatic heterocycles. The summed E-state index contributed by atoms with van der Waals surface area (Å²) in [7, 11) is -3.31. The Morgan fingerprint density at radius 2 is 1.67 bits per heavy atom. The fraction of sp³-hybridized carbons (Fsp3) is 0.0667. The molecule has 0 aliphatic rings. The predicted octanol–water partition coefficient (Wildman–Crippen LogP) is 3.18. The van der Waals surface area contributed by atoms with Gasteiger partial charge in [0.15, 0.2) is 9.84 Å². The van der Waals surface area contributed by atoms with Crippen LogP contribution in [-0.4, -0.2) is 18.0 Å². The highest BCUT2D eigenvalue weighted by atomic mass is 32.2. The number of rotatable bonds is 4. The topological polar surface area (TPSA) is 59.9 Å². The first kappa shape index (κ1) is 13.9. The second kappa shape index (κ2) is 5.75. The summed E-state index contributed by atoms with van der Waals surface area (Å²) in [6.45, 7) is 0. The van der Waals surface area contributed by atoms with Gasteiger partial charge in [0.25, 0.3) is 0 Å². The molecule has 3 aromatic rings. The summed E-state index contributed by atoms with van der Waals surface area (Å²) >= 11 is 1.29. The lowest BCUT2D eigenvalue weighted by Gasteiger charge is -2.05. The van der Waals surface area contributed by atoms with Gasteiger partial charge in [0, 0.05) is 10.9 Å². The minimum Gasteiger partial charge on any atom is -0.223 e. The van der Waals surface area contributed by atoms with Gasteiger partial charge in [-0.3, -0.25) is 0 Å². The highest BCUT2D eigenvalue weighted by molar-refractivity contribution is 7.90. The first-order valence-electron chi connectivity index (χ1n) is 6.29. The zero-order valence-corrected chi connectivity index (χ0v) is 12.6. The molecule has 0 amide bonds. The smallest absolute Gasteiger partial charge is 0.182 e. The van der Waals surface area contributed by atoms with Crippen LogP contribution in [0.1, 0.15) is 5.56 Å². The summed E-state index contributed by atoms with van der Waals surface area (Å²) in [4.78, 5) is 0.345. The van der Waals surface area contributed by atoms with Crippen LogP contribution in [0.2, 0.25) is 0 Å². The fourth-order valence-corrected chi connectivity index (χ4v) is 3.83. The molecular weight excluding hydrogens is 304 g/mol. The normalized spacial score (nSPS) is 11.4. The van der Waals surface area contributed by atoms with E-state index >= 15 is 0 Å². The maximum absolute atomic E-state index is 12.3. The van der Waals surface area contributed by atoms with E-state index in [-0.39, 0.29) is 5.75 Å². The largest absolute Gasteiger partial charge is 0.223 e. The van der Waals surface area contributed by atoms with Gasteiger partial charge in [0.2, 0.25) is 0 Å². The monoisotopic (exact) mass is 316 g/mol. The van der Waals surface area contributed by atoms with Crippen molar-refractivity contribution < 1.29 is 8.42 Å². The zero-order chi connectivity index (χ0) is 14.7. The molecule has 0 bridgehead atoms. The number of nitrogens with zero attached hydrogens (tertiary/aromatic N) is 2. The van der Waals surface area contributed by atoms with Gasteiger partial charge >= 0.3 is 0 Å². The van der Waals surface area contributed by atoms with Crippen molar-refractivity contribution in [1.82, 2.24) is 9.59 Å². The van der Waals surface area contributed by atoms with Gasteiger partial charge in [-0.2, -0.15) is 0 Å². The van der Waals surface area contributed by atoms with E-state index in [1.807, 2.05) is 29.6 Å². The summed E-state index contributed by atoms with van der Waals surface area (Å²) in [6.07, 6.45) is 0. The highest BCUT2D eigenvalue weighted by Crippen LogP contribution is 2.21. The van der Waals surface area contributed by atoms with E-state index < -0.39 is 9.84 Å². The van der Waals surface area contributed by atoms with Crippen molar-refractivity contribution in [2.24, 2.45) is 0 Å². The van der Waals surface area contributed by atoms with Crippen LogP contribution in [0.15, 0.2) is 64.9 Å². The van der Waals surface area contributed by atoms with E-state index in [9.17, 15) is 8.42 Å². The predicted molar refractivity (Wildman–Crippen MR) is 82.7 cm³/mol.